The molecule has 33 heavy (non-hydrogen) atoms. The number of hydrogen-bond donors (Lipinski definition) is 0. The van der Waals surface area contributed by atoms with Gasteiger partial charge in [0.15, 0.2) is 24.2 Å². The zero-order valence-electron chi connectivity index (χ0n) is 22.1. The normalized spacial score (nSPS) is 13.2. The fourth-order valence-corrected chi connectivity index (χ4v) is 15.9. The van der Waals surface area contributed by atoms with Crippen LogP contribution < -0.4 is 31.9 Å². The minimum atomic E-state index is -1.90. The van der Waals surface area contributed by atoms with E-state index in [1.165, 1.54) is 31.9 Å². The monoisotopic (exact) mass is 492 g/mol. The van der Waals surface area contributed by atoms with Crippen LogP contribution in [0.3, 0.4) is 0 Å². The van der Waals surface area contributed by atoms with Crippen molar-refractivity contribution in [2.45, 2.75) is 39.3 Å². The van der Waals surface area contributed by atoms with Crippen LogP contribution in [0.4, 0.5) is 0 Å². The summed E-state index contributed by atoms with van der Waals surface area (Å²) in [5.74, 6) is 0. The highest BCUT2D eigenvalue weighted by molar-refractivity contribution is 7.03. The Morgan fingerprint density at radius 3 is 0.939 bits per heavy atom. The Hall–Kier alpha value is -2.23. The summed E-state index contributed by atoms with van der Waals surface area (Å²) in [7, 11) is 3.47. The molecular weight excluding hydrogens is 453 g/mol. The van der Waals surface area contributed by atoms with Crippen molar-refractivity contribution in [1.82, 2.24) is 18.3 Å². The number of aromatic nitrogens is 4. The van der Waals surface area contributed by atoms with E-state index in [0.29, 0.717) is 0 Å². The van der Waals surface area contributed by atoms with E-state index in [1.54, 1.807) is 0 Å². The summed E-state index contributed by atoms with van der Waals surface area (Å²) in [6.45, 7) is 14.9. The van der Waals surface area contributed by atoms with Crippen molar-refractivity contribution >= 4 is 56.1 Å². The maximum absolute atomic E-state index is 2.54. The second-order valence-corrected chi connectivity index (χ2v) is 24.0. The molecule has 4 aromatic rings. The Bertz CT molecular complexity index is 1200. The van der Waals surface area contributed by atoms with Crippen LogP contribution in [0.5, 0.6) is 0 Å². The molecule has 0 fully saturated rings. The summed E-state index contributed by atoms with van der Waals surface area (Å²) in [4.78, 5) is 0. The van der Waals surface area contributed by atoms with Crippen LogP contribution >= 0.6 is 0 Å². The molecule has 0 radical (unpaired) electrons. The van der Waals surface area contributed by atoms with E-state index in [9.17, 15) is 0 Å². The van der Waals surface area contributed by atoms with Crippen molar-refractivity contribution in [3.8, 4) is 0 Å². The third-order valence-corrected chi connectivity index (χ3v) is 18.7. The van der Waals surface area contributed by atoms with Gasteiger partial charge in [-0.3, -0.25) is 0 Å². The first-order valence-corrected chi connectivity index (χ1v) is 20.9. The van der Waals surface area contributed by atoms with Crippen molar-refractivity contribution in [1.29, 1.82) is 0 Å². The van der Waals surface area contributed by atoms with Gasteiger partial charge in [-0.25, -0.2) is 0 Å². The van der Waals surface area contributed by atoms with Gasteiger partial charge in [-0.15, -0.1) is 0 Å². The SMILES string of the molecule is Cn1cccc1[Si](C)(C)c1ccc([Si](C)(C)c2ccc([Si](C)(C)c3cccn3C)n2C)n1C. The molecule has 0 aliphatic rings. The Morgan fingerprint density at radius 1 is 0.424 bits per heavy atom. The molecule has 4 aromatic heterocycles. The predicted molar refractivity (Wildman–Crippen MR) is 152 cm³/mol. The molecule has 0 saturated carbocycles. The molecule has 0 saturated heterocycles. The van der Waals surface area contributed by atoms with Gasteiger partial charge in [0, 0.05) is 72.5 Å². The lowest BCUT2D eigenvalue weighted by molar-refractivity contribution is 0.943. The summed E-state index contributed by atoms with van der Waals surface area (Å²) in [6, 6.07) is 18.6. The van der Waals surface area contributed by atoms with Crippen LogP contribution in [0, 0.1) is 0 Å². The first kappa shape index (κ1) is 23.9. The van der Waals surface area contributed by atoms with Crippen LogP contribution in [-0.4, -0.2) is 42.5 Å². The van der Waals surface area contributed by atoms with Crippen molar-refractivity contribution in [3.63, 3.8) is 0 Å². The number of aryl methyl sites for hydroxylation is 2. The zero-order chi connectivity index (χ0) is 24.3. The third-order valence-electron chi connectivity index (χ3n) is 7.97. The van der Waals surface area contributed by atoms with Crippen LogP contribution in [0.15, 0.2) is 60.9 Å². The fraction of sp³-hybridized carbons (Fsp3) is 0.385. The lowest BCUT2D eigenvalue weighted by Crippen LogP contribution is -2.64. The van der Waals surface area contributed by atoms with Gasteiger partial charge in [-0.2, -0.15) is 0 Å². The molecule has 0 N–H and O–H groups in total. The van der Waals surface area contributed by atoms with Crippen molar-refractivity contribution < 1.29 is 0 Å². The number of nitrogens with zero attached hydrogens (tertiary/aromatic N) is 4. The smallest absolute Gasteiger partial charge is 0.152 e. The van der Waals surface area contributed by atoms with Gasteiger partial charge in [0.05, 0.1) is 0 Å². The molecule has 176 valence electrons. The largest absolute Gasteiger partial charge is 0.358 e. The molecule has 0 unspecified atom stereocenters. The van der Waals surface area contributed by atoms with E-state index < -0.39 is 24.2 Å². The second kappa shape index (κ2) is 7.92. The Kier molecular flexibility index (Phi) is 5.74. The second-order valence-electron chi connectivity index (χ2n) is 11.2. The first-order chi connectivity index (χ1) is 15.3. The van der Waals surface area contributed by atoms with E-state index in [2.05, 4.69) is 147 Å². The first-order valence-electron chi connectivity index (χ1n) is 11.9. The van der Waals surface area contributed by atoms with Crippen LogP contribution in [0.2, 0.25) is 39.3 Å². The quantitative estimate of drug-likeness (QED) is 0.364. The van der Waals surface area contributed by atoms with E-state index >= 15 is 0 Å². The number of hydrogen-bond acceptors (Lipinski definition) is 0. The molecule has 0 spiro atoms. The maximum Gasteiger partial charge on any atom is 0.152 e. The van der Waals surface area contributed by atoms with E-state index in [1.807, 2.05) is 0 Å². The predicted octanol–water partition coefficient (Wildman–Crippen LogP) is 1.51. The Balaban J connectivity index is 1.77. The van der Waals surface area contributed by atoms with Gasteiger partial charge < -0.3 is 18.3 Å². The Labute approximate surface area is 202 Å². The maximum atomic E-state index is 2.54. The molecule has 4 heterocycles. The molecule has 0 amide bonds. The fourth-order valence-electron chi connectivity index (χ4n) is 6.15. The minimum Gasteiger partial charge on any atom is -0.358 e. The van der Waals surface area contributed by atoms with Gasteiger partial charge in [-0.1, -0.05) is 39.3 Å². The van der Waals surface area contributed by atoms with E-state index in [0.717, 1.165) is 0 Å². The summed E-state index contributed by atoms with van der Waals surface area (Å²) >= 11 is 0. The van der Waals surface area contributed by atoms with Gasteiger partial charge in [0.2, 0.25) is 0 Å². The topological polar surface area (TPSA) is 19.7 Å². The highest BCUT2D eigenvalue weighted by Gasteiger charge is 2.39. The summed E-state index contributed by atoms with van der Waals surface area (Å²) in [6.07, 6.45) is 4.35. The van der Waals surface area contributed by atoms with Crippen molar-refractivity contribution in [2.75, 3.05) is 0 Å². The summed E-state index contributed by atoms with van der Waals surface area (Å²) in [5, 5.41) is 9.00. The van der Waals surface area contributed by atoms with Crippen LogP contribution in [0.1, 0.15) is 0 Å². The van der Waals surface area contributed by atoms with Crippen molar-refractivity contribution in [2.24, 2.45) is 28.2 Å². The lowest BCUT2D eigenvalue weighted by atomic mass is 10.7. The average Bonchev–Trinajstić information content (AvgIpc) is 3.48. The van der Waals surface area contributed by atoms with Crippen LogP contribution in [-0.2, 0) is 28.2 Å². The molecule has 0 bridgehead atoms. The van der Waals surface area contributed by atoms with E-state index in [-0.39, 0.29) is 0 Å². The van der Waals surface area contributed by atoms with Gasteiger partial charge >= 0.3 is 0 Å². The molecule has 4 nitrogen and oxygen atoms in total. The summed E-state index contributed by atoms with van der Waals surface area (Å²) < 4.78 is 9.69. The lowest BCUT2D eigenvalue weighted by Gasteiger charge is -2.30. The molecule has 7 heteroatoms. The zero-order valence-corrected chi connectivity index (χ0v) is 25.1. The molecule has 4 rings (SSSR count). The highest BCUT2D eigenvalue weighted by Crippen LogP contribution is 2.11. The molecule has 0 aromatic carbocycles. The van der Waals surface area contributed by atoms with Crippen LogP contribution in [0.25, 0.3) is 0 Å². The summed E-state index contributed by atoms with van der Waals surface area (Å²) in [5.41, 5.74) is 0. The number of rotatable bonds is 6. The Morgan fingerprint density at radius 2 is 0.697 bits per heavy atom. The van der Waals surface area contributed by atoms with Gasteiger partial charge in [-0.05, 0) is 48.5 Å². The molecule has 0 aliphatic heterocycles. The minimum absolute atomic E-state index is 1.48. The molecular formula is C26H40N4Si3. The van der Waals surface area contributed by atoms with E-state index in [4.69, 9.17) is 0 Å². The molecule has 0 aliphatic carbocycles. The van der Waals surface area contributed by atoms with Crippen molar-refractivity contribution in [3.05, 3.63) is 60.9 Å². The molecule has 0 atom stereocenters. The van der Waals surface area contributed by atoms with Gasteiger partial charge in [0.25, 0.3) is 0 Å². The third kappa shape index (κ3) is 3.61. The van der Waals surface area contributed by atoms with Gasteiger partial charge in [0.1, 0.15) is 0 Å². The highest BCUT2D eigenvalue weighted by atomic mass is 28.3. The standard InChI is InChI=1S/C26H40N4Si3/c1-27-19-11-13-21(27)31(5,6)23-15-17-25(29(23)3)33(9,10)26-18-16-24(30(26)4)32(7,8)22-14-12-20-28(22)2/h11-20H,1-10H3. The average molecular weight is 493 g/mol.